The van der Waals surface area contributed by atoms with Crippen LogP contribution in [-0.2, 0) is 0 Å². The van der Waals surface area contributed by atoms with Gasteiger partial charge in [0.2, 0.25) is 0 Å². The fourth-order valence-electron chi connectivity index (χ4n) is 2.04. The largest absolute Gasteiger partial charge is 0.457 e. The molecule has 4 heteroatoms. The average Bonchev–Trinajstić information content (AvgIpc) is 2.44. The fraction of sp³-hybridized carbons (Fsp3) is 0.278. The third-order valence-corrected chi connectivity index (χ3v) is 3.61. The van der Waals surface area contributed by atoms with Crippen LogP contribution in [0.25, 0.3) is 0 Å². The number of hydrogen-bond acceptors (Lipinski definition) is 2. The van der Waals surface area contributed by atoms with Crippen LogP contribution in [0.3, 0.4) is 0 Å². The maximum atomic E-state index is 12.0. The topological polar surface area (TPSA) is 38.3 Å². The Morgan fingerprint density at radius 2 is 1.86 bits per heavy atom. The van der Waals surface area contributed by atoms with E-state index in [4.69, 9.17) is 16.3 Å². The summed E-state index contributed by atoms with van der Waals surface area (Å²) >= 11 is 6.10. The molecule has 0 aliphatic heterocycles. The van der Waals surface area contributed by atoms with Gasteiger partial charge in [-0.1, -0.05) is 17.7 Å². The van der Waals surface area contributed by atoms with Crippen LogP contribution >= 0.6 is 11.6 Å². The molecule has 0 fully saturated rings. The lowest BCUT2D eigenvalue weighted by molar-refractivity contribution is 0.0943. The monoisotopic (exact) mass is 317 g/mol. The third-order valence-electron chi connectivity index (χ3n) is 3.20. The number of amides is 1. The van der Waals surface area contributed by atoms with Crippen molar-refractivity contribution in [3.8, 4) is 11.5 Å². The Morgan fingerprint density at radius 3 is 2.55 bits per heavy atom. The van der Waals surface area contributed by atoms with Crippen molar-refractivity contribution in [2.24, 2.45) is 0 Å². The van der Waals surface area contributed by atoms with Crippen molar-refractivity contribution < 1.29 is 9.53 Å². The predicted molar refractivity (Wildman–Crippen MR) is 90.0 cm³/mol. The predicted octanol–water partition coefficient (Wildman–Crippen LogP) is 4.89. The van der Waals surface area contributed by atoms with Gasteiger partial charge >= 0.3 is 0 Å². The van der Waals surface area contributed by atoms with E-state index in [2.05, 4.69) is 5.32 Å². The van der Waals surface area contributed by atoms with Crippen molar-refractivity contribution in [2.45, 2.75) is 33.7 Å². The lowest BCUT2D eigenvalue weighted by atomic mass is 10.1. The van der Waals surface area contributed by atoms with Crippen molar-refractivity contribution in [1.29, 1.82) is 0 Å². The van der Waals surface area contributed by atoms with Gasteiger partial charge in [0.1, 0.15) is 11.5 Å². The molecule has 0 saturated carbocycles. The first-order valence-electron chi connectivity index (χ1n) is 7.22. The highest BCUT2D eigenvalue weighted by molar-refractivity contribution is 6.31. The van der Waals surface area contributed by atoms with Crippen LogP contribution in [0.15, 0.2) is 36.4 Å². The minimum Gasteiger partial charge on any atom is -0.457 e. The second-order valence-corrected chi connectivity index (χ2v) is 6.03. The number of ether oxygens (including phenoxy) is 1. The molecule has 2 aromatic carbocycles. The van der Waals surface area contributed by atoms with Crippen LogP contribution in [0.2, 0.25) is 5.02 Å². The Kier molecular flexibility index (Phi) is 5.09. The Labute approximate surface area is 136 Å². The highest BCUT2D eigenvalue weighted by Gasteiger charge is 2.10. The van der Waals surface area contributed by atoms with E-state index >= 15 is 0 Å². The SMILES string of the molecule is Cc1cc(Oc2cccc(C(=O)NC(C)C)c2)c(C)cc1Cl. The summed E-state index contributed by atoms with van der Waals surface area (Å²) in [5, 5.41) is 3.58. The van der Waals surface area contributed by atoms with Gasteiger partial charge in [0.15, 0.2) is 0 Å². The van der Waals surface area contributed by atoms with Crippen LogP contribution in [0, 0.1) is 13.8 Å². The van der Waals surface area contributed by atoms with Gasteiger partial charge in [-0.25, -0.2) is 0 Å². The van der Waals surface area contributed by atoms with E-state index in [0.717, 1.165) is 21.9 Å². The molecular formula is C18H20ClNO2. The first-order chi connectivity index (χ1) is 10.4. The van der Waals surface area contributed by atoms with E-state index in [9.17, 15) is 4.79 Å². The highest BCUT2D eigenvalue weighted by atomic mass is 35.5. The van der Waals surface area contributed by atoms with Crippen molar-refractivity contribution >= 4 is 17.5 Å². The number of aryl methyl sites for hydroxylation is 2. The van der Waals surface area contributed by atoms with E-state index in [1.807, 2.05) is 52.0 Å². The quantitative estimate of drug-likeness (QED) is 0.872. The molecule has 1 amide bonds. The van der Waals surface area contributed by atoms with Crippen LogP contribution < -0.4 is 10.1 Å². The molecule has 2 aromatic rings. The zero-order valence-corrected chi connectivity index (χ0v) is 14.0. The zero-order chi connectivity index (χ0) is 16.3. The zero-order valence-electron chi connectivity index (χ0n) is 13.2. The standard InChI is InChI=1S/C18H20ClNO2/c1-11(2)20-18(21)14-6-5-7-15(10-14)22-17-9-12(3)16(19)8-13(17)4/h5-11H,1-4H3,(H,20,21). The molecule has 0 aromatic heterocycles. The van der Waals surface area contributed by atoms with Crippen LogP contribution in [0.5, 0.6) is 11.5 Å². The van der Waals surface area contributed by atoms with Gasteiger partial charge in [-0.15, -0.1) is 0 Å². The Bertz CT molecular complexity index is 695. The van der Waals surface area contributed by atoms with Crippen molar-refractivity contribution in [3.05, 3.63) is 58.1 Å². The lowest BCUT2D eigenvalue weighted by Crippen LogP contribution is -2.29. The molecule has 0 aliphatic carbocycles. The second kappa shape index (κ2) is 6.84. The second-order valence-electron chi connectivity index (χ2n) is 5.62. The van der Waals surface area contributed by atoms with E-state index in [-0.39, 0.29) is 11.9 Å². The van der Waals surface area contributed by atoms with Crippen molar-refractivity contribution in [3.63, 3.8) is 0 Å². The third kappa shape index (κ3) is 4.01. The molecule has 0 aliphatic rings. The number of carbonyl (C=O) groups is 1. The molecule has 1 N–H and O–H groups in total. The molecule has 22 heavy (non-hydrogen) atoms. The first-order valence-corrected chi connectivity index (χ1v) is 7.60. The number of rotatable bonds is 4. The van der Waals surface area contributed by atoms with E-state index in [1.54, 1.807) is 12.1 Å². The fourth-order valence-corrected chi connectivity index (χ4v) is 2.26. The normalized spacial score (nSPS) is 10.6. The molecule has 3 nitrogen and oxygen atoms in total. The van der Waals surface area contributed by atoms with Gasteiger partial charge in [-0.3, -0.25) is 4.79 Å². The highest BCUT2D eigenvalue weighted by Crippen LogP contribution is 2.30. The van der Waals surface area contributed by atoms with Crippen LogP contribution in [-0.4, -0.2) is 11.9 Å². The number of carbonyl (C=O) groups excluding carboxylic acids is 1. The van der Waals surface area contributed by atoms with Crippen molar-refractivity contribution in [1.82, 2.24) is 5.32 Å². The Hall–Kier alpha value is -2.00. The summed E-state index contributed by atoms with van der Waals surface area (Å²) < 4.78 is 5.90. The van der Waals surface area contributed by atoms with Crippen LogP contribution in [0.1, 0.15) is 35.3 Å². The molecule has 0 atom stereocenters. The van der Waals surface area contributed by atoms with Gasteiger partial charge < -0.3 is 10.1 Å². The summed E-state index contributed by atoms with van der Waals surface area (Å²) in [7, 11) is 0. The minimum absolute atomic E-state index is 0.0956. The van der Waals surface area contributed by atoms with Crippen LogP contribution in [0.4, 0.5) is 0 Å². The molecule has 2 rings (SSSR count). The van der Waals surface area contributed by atoms with Gasteiger partial charge in [-0.05, 0) is 69.2 Å². The maximum absolute atomic E-state index is 12.0. The summed E-state index contributed by atoms with van der Waals surface area (Å²) in [6, 6.07) is 11.0. The lowest BCUT2D eigenvalue weighted by Gasteiger charge is -2.12. The molecule has 0 radical (unpaired) electrons. The number of benzene rings is 2. The summed E-state index contributed by atoms with van der Waals surface area (Å²) in [4.78, 5) is 12.0. The Balaban J connectivity index is 2.24. The summed E-state index contributed by atoms with van der Waals surface area (Å²) in [6.45, 7) is 7.73. The molecule has 0 bridgehead atoms. The first kappa shape index (κ1) is 16.4. The van der Waals surface area contributed by atoms with E-state index in [1.165, 1.54) is 0 Å². The van der Waals surface area contributed by atoms with E-state index in [0.29, 0.717) is 11.3 Å². The molecular weight excluding hydrogens is 298 g/mol. The van der Waals surface area contributed by atoms with Gasteiger partial charge in [0, 0.05) is 16.6 Å². The van der Waals surface area contributed by atoms with Gasteiger partial charge in [0.25, 0.3) is 5.91 Å². The summed E-state index contributed by atoms with van der Waals surface area (Å²) in [5.41, 5.74) is 2.48. The molecule has 0 unspecified atom stereocenters. The molecule has 0 heterocycles. The molecule has 116 valence electrons. The summed E-state index contributed by atoms with van der Waals surface area (Å²) in [5.74, 6) is 1.26. The number of nitrogens with one attached hydrogen (secondary N) is 1. The summed E-state index contributed by atoms with van der Waals surface area (Å²) in [6.07, 6.45) is 0. The maximum Gasteiger partial charge on any atom is 0.251 e. The smallest absolute Gasteiger partial charge is 0.251 e. The molecule has 0 saturated heterocycles. The average molecular weight is 318 g/mol. The van der Waals surface area contributed by atoms with Gasteiger partial charge in [0.05, 0.1) is 0 Å². The Morgan fingerprint density at radius 1 is 1.14 bits per heavy atom. The number of hydrogen-bond donors (Lipinski definition) is 1. The molecule has 0 spiro atoms. The van der Waals surface area contributed by atoms with Crippen molar-refractivity contribution in [2.75, 3.05) is 0 Å². The van der Waals surface area contributed by atoms with Gasteiger partial charge in [-0.2, -0.15) is 0 Å². The number of halogens is 1. The van der Waals surface area contributed by atoms with E-state index < -0.39 is 0 Å². The minimum atomic E-state index is -0.107.